The van der Waals surface area contributed by atoms with Crippen LogP contribution in [0.5, 0.6) is 0 Å². The lowest BCUT2D eigenvalue weighted by Gasteiger charge is -2.34. The third-order valence-corrected chi connectivity index (χ3v) is 6.35. The largest absolute Gasteiger partial charge is 0.379 e. The van der Waals surface area contributed by atoms with Crippen LogP contribution >= 0.6 is 22.9 Å². The van der Waals surface area contributed by atoms with E-state index in [-0.39, 0.29) is 10.9 Å². The summed E-state index contributed by atoms with van der Waals surface area (Å²) >= 11 is 7.51. The average molecular weight is 387 g/mol. The molecule has 24 heavy (non-hydrogen) atoms. The van der Waals surface area contributed by atoms with Crippen molar-refractivity contribution in [3.05, 3.63) is 51.7 Å². The zero-order chi connectivity index (χ0) is 17.0. The molecule has 0 aliphatic carbocycles. The molecule has 1 atom stereocenters. The molecule has 0 radical (unpaired) electrons. The Bertz CT molecular complexity index is 759. The molecule has 1 aromatic carbocycles. The molecule has 2 heterocycles. The maximum Gasteiger partial charge on any atom is 0.240 e. The maximum atomic E-state index is 12.5. The molecule has 1 aliphatic rings. The van der Waals surface area contributed by atoms with Crippen LogP contribution in [-0.4, -0.2) is 46.2 Å². The van der Waals surface area contributed by atoms with Gasteiger partial charge >= 0.3 is 0 Å². The van der Waals surface area contributed by atoms with Crippen molar-refractivity contribution >= 4 is 33.0 Å². The first kappa shape index (κ1) is 17.8. The normalized spacial score (nSPS) is 17.7. The average Bonchev–Trinajstić information content (AvgIpc) is 3.10. The van der Waals surface area contributed by atoms with Crippen LogP contribution in [0, 0.1) is 0 Å². The van der Waals surface area contributed by atoms with E-state index in [1.54, 1.807) is 29.5 Å². The van der Waals surface area contributed by atoms with Gasteiger partial charge in [-0.2, -0.15) is 11.3 Å². The number of thiophene rings is 1. The van der Waals surface area contributed by atoms with Crippen LogP contribution in [0.4, 0.5) is 0 Å². The van der Waals surface area contributed by atoms with Crippen molar-refractivity contribution in [2.24, 2.45) is 0 Å². The molecule has 1 aliphatic heterocycles. The minimum atomic E-state index is -3.60. The van der Waals surface area contributed by atoms with Crippen LogP contribution in [0.3, 0.4) is 0 Å². The molecular formula is C16H19ClN2O3S2. The van der Waals surface area contributed by atoms with E-state index in [0.717, 1.165) is 18.7 Å². The van der Waals surface area contributed by atoms with Crippen LogP contribution in [0.1, 0.15) is 11.6 Å². The Morgan fingerprint density at radius 1 is 1.29 bits per heavy atom. The van der Waals surface area contributed by atoms with Gasteiger partial charge in [-0.1, -0.05) is 17.7 Å². The number of sulfonamides is 1. The van der Waals surface area contributed by atoms with Gasteiger partial charge in [0.05, 0.1) is 18.1 Å². The summed E-state index contributed by atoms with van der Waals surface area (Å²) in [4.78, 5) is 2.44. The van der Waals surface area contributed by atoms with Crippen molar-refractivity contribution in [3.8, 4) is 0 Å². The van der Waals surface area contributed by atoms with Gasteiger partial charge in [0.15, 0.2) is 0 Å². The Kier molecular flexibility index (Phi) is 5.91. The molecule has 1 saturated heterocycles. The summed E-state index contributed by atoms with van der Waals surface area (Å²) in [5.74, 6) is 0. The highest BCUT2D eigenvalue weighted by Gasteiger charge is 2.25. The predicted octanol–water partition coefficient (Wildman–Crippen LogP) is 2.75. The lowest BCUT2D eigenvalue weighted by Crippen LogP contribution is -2.43. The molecule has 130 valence electrons. The highest BCUT2D eigenvalue weighted by molar-refractivity contribution is 7.89. The number of nitrogens with one attached hydrogen (secondary N) is 1. The quantitative estimate of drug-likeness (QED) is 0.829. The van der Waals surface area contributed by atoms with Crippen molar-refractivity contribution in [2.75, 3.05) is 32.8 Å². The minimum Gasteiger partial charge on any atom is -0.379 e. The molecule has 0 amide bonds. The minimum absolute atomic E-state index is 0.00545. The molecule has 1 fully saturated rings. The third-order valence-electron chi connectivity index (χ3n) is 3.99. The van der Waals surface area contributed by atoms with Crippen LogP contribution in [0.25, 0.3) is 0 Å². The van der Waals surface area contributed by atoms with E-state index in [9.17, 15) is 8.42 Å². The fourth-order valence-electron chi connectivity index (χ4n) is 2.72. The number of hydrogen-bond donors (Lipinski definition) is 1. The third kappa shape index (κ3) is 4.36. The van der Waals surface area contributed by atoms with E-state index < -0.39 is 10.0 Å². The molecule has 5 nitrogen and oxygen atoms in total. The lowest BCUT2D eigenvalue weighted by atomic mass is 10.1. The summed E-state index contributed by atoms with van der Waals surface area (Å²) in [6, 6.07) is 8.32. The second-order valence-corrected chi connectivity index (χ2v) is 8.51. The van der Waals surface area contributed by atoms with Crippen molar-refractivity contribution in [1.29, 1.82) is 0 Å². The zero-order valence-corrected chi connectivity index (χ0v) is 15.4. The second-order valence-electron chi connectivity index (χ2n) is 5.53. The summed E-state index contributed by atoms with van der Waals surface area (Å²) in [5.41, 5.74) is 1.12. The Morgan fingerprint density at radius 2 is 2.08 bits per heavy atom. The van der Waals surface area contributed by atoms with E-state index in [0.29, 0.717) is 24.8 Å². The van der Waals surface area contributed by atoms with Gasteiger partial charge in [-0.25, -0.2) is 13.1 Å². The number of ether oxygens (including phenoxy) is 1. The SMILES string of the molecule is O=S(=O)(NC[C@H](c1ccsc1)N1CCOCC1)c1cccc(Cl)c1. The molecule has 3 rings (SSSR count). The van der Waals surface area contributed by atoms with Gasteiger partial charge in [-0.05, 0) is 40.6 Å². The zero-order valence-electron chi connectivity index (χ0n) is 13.0. The molecule has 0 unspecified atom stereocenters. The molecule has 1 aromatic heterocycles. The number of hydrogen-bond acceptors (Lipinski definition) is 5. The summed E-state index contributed by atoms with van der Waals surface area (Å²) in [7, 11) is -3.60. The summed E-state index contributed by atoms with van der Waals surface area (Å²) in [6.45, 7) is 3.23. The highest BCUT2D eigenvalue weighted by Crippen LogP contribution is 2.24. The molecule has 0 saturated carbocycles. The number of halogens is 1. The van der Waals surface area contributed by atoms with Gasteiger partial charge in [-0.3, -0.25) is 4.90 Å². The highest BCUT2D eigenvalue weighted by atomic mass is 35.5. The van der Waals surface area contributed by atoms with Crippen LogP contribution in [0.2, 0.25) is 5.02 Å². The molecule has 8 heteroatoms. The Labute approximate surface area is 151 Å². The molecule has 1 N–H and O–H groups in total. The standard InChI is InChI=1S/C16H19ClN2O3S2/c17-14-2-1-3-15(10-14)24(20,21)18-11-16(13-4-9-23-12-13)19-5-7-22-8-6-19/h1-4,9-10,12,16,18H,5-8,11H2/t16-/m1/s1. The van der Waals surface area contributed by atoms with Crippen molar-refractivity contribution in [1.82, 2.24) is 9.62 Å². The lowest BCUT2D eigenvalue weighted by molar-refractivity contribution is 0.0173. The van der Waals surface area contributed by atoms with Gasteiger partial charge < -0.3 is 4.74 Å². The summed E-state index contributed by atoms with van der Waals surface area (Å²) in [5, 5.41) is 4.47. The number of rotatable bonds is 6. The fourth-order valence-corrected chi connectivity index (χ4v) is 4.76. The molecular weight excluding hydrogens is 368 g/mol. The van der Waals surface area contributed by atoms with Gasteiger partial charge in [0.25, 0.3) is 0 Å². The monoisotopic (exact) mass is 386 g/mol. The molecule has 0 bridgehead atoms. The molecule has 2 aromatic rings. The van der Waals surface area contributed by atoms with Gasteiger partial charge in [-0.15, -0.1) is 0 Å². The Hall–Kier alpha value is -0.960. The first-order chi connectivity index (χ1) is 11.6. The number of morpholine rings is 1. The van der Waals surface area contributed by atoms with Crippen LogP contribution in [-0.2, 0) is 14.8 Å². The topological polar surface area (TPSA) is 58.6 Å². The first-order valence-corrected chi connectivity index (χ1v) is 10.5. The maximum absolute atomic E-state index is 12.5. The van der Waals surface area contributed by atoms with E-state index in [1.807, 2.05) is 11.4 Å². The predicted molar refractivity (Wildman–Crippen MR) is 96.1 cm³/mol. The summed E-state index contributed by atoms with van der Waals surface area (Å²) in [6.07, 6.45) is 0. The first-order valence-electron chi connectivity index (χ1n) is 7.65. The van der Waals surface area contributed by atoms with Crippen molar-refractivity contribution < 1.29 is 13.2 Å². The Morgan fingerprint density at radius 3 is 2.75 bits per heavy atom. The van der Waals surface area contributed by atoms with Crippen molar-refractivity contribution in [3.63, 3.8) is 0 Å². The van der Waals surface area contributed by atoms with Gasteiger partial charge in [0.1, 0.15) is 0 Å². The fraction of sp³-hybridized carbons (Fsp3) is 0.375. The van der Waals surface area contributed by atoms with Crippen LogP contribution < -0.4 is 4.72 Å². The summed E-state index contributed by atoms with van der Waals surface area (Å²) < 4.78 is 33.2. The van der Waals surface area contributed by atoms with Crippen LogP contribution in [0.15, 0.2) is 46.0 Å². The van der Waals surface area contributed by atoms with E-state index in [1.165, 1.54) is 6.07 Å². The van der Waals surface area contributed by atoms with E-state index in [4.69, 9.17) is 16.3 Å². The van der Waals surface area contributed by atoms with Crippen molar-refractivity contribution in [2.45, 2.75) is 10.9 Å². The second kappa shape index (κ2) is 7.95. The van der Waals surface area contributed by atoms with E-state index >= 15 is 0 Å². The van der Waals surface area contributed by atoms with Gasteiger partial charge in [0, 0.05) is 30.7 Å². The molecule has 0 spiro atoms. The number of benzene rings is 1. The Balaban J connectivity index is 1.75. The van der Waals surface area contributed by atoms with Gasteiger partial charge in [0.2, 0.25) is 10.0 Å². The smallest absolute Gasteiger partial charge is 0.240 e. The number of nitrogens with zero attached hydrogens (tertiary/aromatic N) is 1. The van der Waals surface area contributed by atoms with E-state index in [2.05, 4.69) is 15.0 Å².